The second kappa shape index (κ2) is 9.56. The first-order valence-electron chi connectivity index (χ1n) is 10.9. The third-order valence-corrected chi connectivity index (χ3v) is 6.14. The van der Waals surface area contributed by atoms with Crippen LogP contribution >= 0.6 is 0 Å². The zero-order valence-electron chi connectivity index (χ0n) is 18.7. The van der Waals surface area contributed by atoms with Gasteiger partial charge in [0.2, 0.25) is 0 Å². The molecule has 1 aromatic heterocycles. The number of anilines is 1. The van der Waals surface area contributed by atoms with Crippen LogP contribution in [0.1, 0.15) is 36.1 Å². The monoisotopic (exact) mass is 448 g/mol. The molecule has 3 atom stereocenters. The lowest BCUT2D eigenvalue weighted by molar-refractivity contribution is -0.137. The predicted molar refractivity (Wildman–Crippen MR) is 124 cm³/mol. The van der Waals surface area contributed by atoms with Crippen molar-refractivity contribution in [3.05, 3.63) is 83.7 Å². The topological polar surface area (TPSA) is 110 Å². The maximum Gasteiger partial charge on any atom is 0.261 e. The van der Waals surface area contributed by atoms with Gasteiger partial charge in [-0.2, -0.15) is 0 Å². The summed E-state index contributed by atoms with van der Waals surface area (Å²) in [5.41, 5.74) is 1.14. The van der Waals surface area contributed by atoms with Gasteiger partial charge in [0.25, 0.3) is 5.91 Å². The van der Waals surface area contributed by atoms with Crippen LogP contribution in [0.5, 0.6) is 5.75 Å². The number of nitrogens with zero attached hydrogens (tertiary/aromatic N) is 3. The van der Waals surface area contributed by atoms with E-state index < -0.39 is 17.4 Å². The zero-order valence-corrected chi connectivity index (χ0v) is 18.7. The molecule has 1 unspecified atom stereocenters. The predicted octanol–water partition coefficient (Wildman–Crippen LogP) is 2.83. The number of aromatic nitrogens is 3. The number of aryl methyl sites for hydroxylation is 1. The summed E-state index contributed by atoms with van der Waals surface area (Å²) in [7, 11) is 1.55. The molecular weight excluding hydrogens is 420 g/mol. The lowest BCUT2D eigenvalue weighted by atomic mass is 9.83. The number of benzene rings is 2. The fourth-order valence-electron chi connectivity index (χ4n) is 4.15. The molecule has 0 saturated carbocycles. The minimum absolute atomic E-state index is 0.0486. The van der Waals surface area contributed by atoms with Gasteiger partial charge in [-0.25, -0.2) is 0 Å². The second-order valence-corrected chi connectivity index (χ2v) is 8.19. The molecule has 0 radical (unpaired) electrons. The number of hydrogen-bond acceptors (Lipinski definition) is 6. The van der Waals surface area contributed by atoms with Crippen molar-refractivity contribution in [2.45, 2.75) is 31.4 Å². The number of carbonyl (C=O) groups excluding carboxylic acids is 1. The van der Waals surface area contributed by atoms with Crippen LogP contribution in [-0.2, 0) is 16.9 Å². The molecule has 1 amide bonds. The molecule has 3 aromatic rings. The molecule has 2 heterocycles. The van der Waals surface area contributed by atoms with Crippen LogP contribution in [-0.4, -0.2) is 44.8 Å². The highest BCUT2D eigenvalue weighted by molar-refractivity contribution is 6.05. The van der Waals surface area contributed by atoms with Crippen LogP contribution in [0.15, 0.2) is 66.9 Å². The minimum Gasteiger partial charge on any atom is -0.497 e. The van der Waals surface area contributed by atoms with Gasteiger partial charge in [-0.05, 0) is 30.2 Å². The van der Waals surface area contributed by atoms with Gasteiger partial charge in [-0.3, -0.25) is 9.48 Å². The average Bonchev–Trinajstić information content (AvgIpc) is 3.40. The van der Waals surface area contributed by atoms with Crippen molar-refractivity contribution in [2.75, 3.05) is 19.0 Å². The molecule has 0 aliphatic carbocycles. The summed E-state index contributed by atoms with van der Waals surface area (Å²) in [6.07, 6.45) is 6.25. The smallest absolute Gasteiger partial charge is 0.261 e. The highest BCUT2D eigenvalue weighted by Gasteiger charge is 2.48. The molecule has 0 saturated heterocycles. The Morgan fingerprint density at radius 3 is 2.76 bits per heavy atom. The number of aliphatic hydroxyl groups excluding tert-OH is 1. The fourth-order valence-corrected chi connectivity index (χ4v) is 4.15. The third-order valence-electron chi connectivity index (χ3n) is 6.14. The third kappa shape index (κ3) is 4.40. The van der Waals surface area contributed by atoms with Gasteiger partial charge in [-0.1, -0.05) is 54.6 Å². The van der Waals surface area contributed by atoms with E-state index in [9.17, 15) is 15.0 Å². The lowest BCUT2D eigenvalue weighted by Crippen LogP contribution is -2.39. The highest BCUT2D eigenvalue weighted by Crippen LogP contribution is 2.43. The molecule has 2 aromatic carbocycles. The fraction of sp³-hybridized carbons (Fsp3) is 0.320. The summed E-state index contributed by atoms with van der Waals surface area (Å²) in [5, 5.41) is 32.2. The summed E-state index contributed by atoms with van der Waals surface area (Å²) in [6, 6.07) is 14.9. The number of carbonyl (C=O) groups is 1. The molecule has 0 fully saturated rings. The van der Waals surface area contributed by atoms with Crippen molar-refractivity contribution in [3.63, 3.8) is 0 Å². The van der Waals surface area contributed by atoms with E-state index in [1.54, 1.807) is 30.0 Å². The average molecular weight is 449 g/mol. The number of hydrogen-bond donors (Lipinski definition) is 3. The minimum atomic E-state index is -1.66. The number of aliphatic hydroxyl groups is 2. The Kier molecular flexibility index (Phi) is 6.57. The molecular formula is C25H28N4O4. The molecule has 3 N–H and O–H groups in total. The maximum absolute atomic E-state index is 12.6. The van der Waals surface area contributed by atoms with Crippen molar-refractivity contribution in [1.82, 2.24) is 15.0 Å². The Hall–Kier alpha value is -3.49. The molecule has 1 aliphatic rings. The van der Waals surface area contributed by atoms with Crippen LogP contribution in [0.3, 0.4) is 0 Å². The van der Waals surface area contributed by atoms with Gasteiger partial charge in [0.15, 0.2) is 5.60 Å². The van der Waals surface area contributed by atoms with Crippen LogP contribution in [0.4, 0.5) is 5.69 Å². The van der Waals surface area contributed by atoms with Crippen molar-refractivity contribution in [1.29, 1.82) is 0 Å². The molecule has 0 spiro atoms. The first-order valence-corrected chi connectivity index (χ1v) is 10.9. The van der Waals surface area contributed by atoms with E-state index >= 15 is 0 Å². The Balaban J connectivity index is 1.40. The van der Waals surface area contributed by atoms with Gasteiger partial charge in [-0.15, -0.1) is 5.10 Å². The summed E-state index contributed by atoms with van der Waals surface area (Å²) in [5.74, 6) is -0.532. The first-order chi connectivity index (χ1) is 16.0. The van der Waals surface area contributed by atoms with Gasteiger partial charge in [0, 0.05) is 29.9 Å². The number of methoxy groups -OCH3 is 1. The summed E-state index contributed by atoms with van der Waals surface area (Å²) >= 11 is 0. The van der Waals surface area contributed by atoms with Gasteiger partial charge in [0.1, 0.15) is 5.75 Å². The summed E-state index contributed by atoms with van der Waals surface area (Å²) in [6.45, 7) is 2.34. The number of amides is 1. The van der Waals surface area contributed by atoms with E-state index in [0.717, 1.165) is 5.56 Å². The van der Waals surface area contributed by atoms with Gasteiger partial charge >= 0.3 is 0 Å². The molecule has 33 heavy (non-hydrogen) atoms. The lowest BCUT2D eigenvalue weighted by Gasteiger charge is -2.26. The Morgan fingerprint density at radius 2 is 2.03 bits per heavy atom. The number of rotatable bonds is 9. The molecule has 8 heteroatoms. The van der Waals surface area contributed by atoms with Crippen LogP contribution in [0.2, 0.25) is 0 Å². The van der Waals surface area contributed by atoms with Gasteiger partial charge in [0.05, 0.1) is 25.3 Å². The van der Waals surface area contributed by atoms with Crippen molar-refractivity contribution >= 4 is 11.6 Å². The highest BCUT2D eigenvalue weighted by atomic mass is 16.5. The van der Waals surface area contributed by atoms with E-state index in [1.165, 1.54) is 0 Å². The standard InChI is InChI=1S/C25H28N4O4/c1-17(25(32)21-14-19(33-2)11-12-22(21)26-24(25)31)8-6-7-13-29-15-23(27-28-29)20(16-30)18-9-4-3-5-10-18/h3-6,8-12,14-15,17,20,30,32H,7,13,16H2,1-2H3,(H,26,31)/b8-6+/t17-,20?,25+/m1/s1. The van der Waals surface area contributed by atoms with Crippen LogP contribution < -0.4 is 10.1 Å². The Morgan fingerprint density at radius 1 is 1.24 bits per heavy atom. The van der Waals surface area contributed by atoms with Gasteiger partial charge < -0.3 is 20.3 Å². The van der Waals surface area contributed by atoms with E-state index in [-0.39, 0.29) is 12.5 Å². The van der Waals surface area contributed by atoms with E-state index in [1.807, 2.05) is 55.6 Å². The SMILES string of the molecule is COc1ccc2c(c1)[C@@](O)([C@H](C)/C=C/CCn1cc(C(CO)c3ccccc3)nn1)C(=O)N2. The number of nitrogens with one attached hydrogen (secondary N) is 1. The molecule has 4 rings (SSSR count). The zero-order chi connectivity index (χ0) is 23.4. The van der Waals surface area contributed by atoms with Crippen LogP contribution in [0.25, 0.3) is 0 Å². The molecule has 1 aliphatic heterocycles. The van der Waals surface area contributed by atoms with Crippen molar-refractivity contribution in [2.24, 2.45) is 5.92 Å². The van der Waals surface area contributed by atoms with Crippen molar-refractivity contribution in [3.8, 4) is 5.75 Å². The van der Waals surface area contributed by atoms with E-state index in [0.29, 0.717) is 35.7 Å². The molecule has 0 bridgehead atoms. The van der Waals surface area contributed by atoms with E-state index in [4.69, 9.17) is 4.74 Å². The second-order valence-electron chi connectivity index (χ2n) is 8.19. The quantitative estimate of drug-likeness (QED) is 0.434. The molecule has 8 nitrogen and oxygen atoms in total. The normalized spacial score (nSPS) is 19.3. The van der Waals surface area contributed by atoms with Crippen molar-refractivity contribution < 1.29 is 19.7 Å². The summed E-state index contributed by atoms with van der Waals surface area (Å²) < 4.78 is 6.98. The number of allylic oxidation sites excluding steroid dienone is 1. The summed E-state index contributed by atoms with van der Waals surface area (Å²) in [4.78, 5) is 12.6. The number of ether oxygens (including phenoxy) is 1. The number of fused-ring (bicyclic) bond motifs is 1. The largest absolute Gasteiger partial charge is 0.497 e. The Bertz CT molecular complexity index is 1140. The molecule has 172 valence electrons. The maximum atomic E-state index is 12.6. The van der Waals surface area contributed by atoms with E-state index in [2.05, 4.69) is 15.6 Å². The Labute approximate surface area is 192 Å². The van der Waals surface area contributed by atoms with Crippen LogP contribution in [0, 0.1) is 5.92 Å². The first kappa shape index (κ1) is 22.7.